The van der Waals surface area contributed by atoms with Gasteiger partial charge in [-0.05, 0) is 18.9 Å². The predicted molar refractivity (Wildman–Crippen MR) is 100.0 cm³/mol. The summed E-state index contributed by atoms with van der Waals surface area (Å²) in [6.45, 7) is 0.0103. The van der Waals surface area contributed by atoms with Crippen LogP contribution in [-0.4, -0.2) is 52.5 Å². The van der Waals surface area contributed by atoms with Gasteiger partial charge in [-0.15, -0.1) is 5.10 Å². The Bertz CT molecular complexity index is 848. The molecule has 10 nitrogen and oxygen atoms in total. The van der Waals surface area contributed by atoms with E-state index in [9.17, 15) is 13.2 Å². The minimum Gasteiger partial charge on any atom is -0.337 e. The van der Waals surface area contributed by atoms with Gasteiger partial charge in [-0.3, -0.25) is 5.32 Å². The lowest BCUT2D eigenvalue weighted by Gasteiger charge is -2.22. The third-order valence-corrected chi connectivity index (χ3v) is 5.63. The van der Waals surface area contributed by atoms with E-state index in [0.29, 0.717) is 11.8 Å². The molecule has 2 aromatic rings. The van der Waals surface area contributed by atoms with E-state index in [0.717, 1.165) is 32.1 Å². The van der Waals surface area contributed by atoms with E-state index in [2.05, 4.69) is 30.4 Å². The summed E-state index contributed by atoms with van der Waals surface area (Å²) in [6, 6.07) is 2.78. The Hall–Kier alpha value is -2.53. The smallest absolute Gasteiger partial charge is 0.320 e. The standard InChI is InChI=1S/C16H23N7O3S/c24-16(19-10-12-27(25,26)22-13-5-2-1-3-6-13)20-14-7-11-23(21-14)15-17-8-4-9-18-15/h4,7-9,11,13,22H,1-3,5-6,10,12H2,(H2,19,20,21,24). The molecule has 27 heavy (non-hydrogen) atoms. The topological polar surface area (TPSA) is 131 Å². The fourth-order valence-electron chi connectivity index (χ4n) is 2.90. The molecule has 0 aliphatic heterocycles. The molecular weight excluding hydrogens is 370 g/mol. The van der Waals surface area contributed by atoms with Gasteiger partial charge in [-0.25, -0.2) is 32.6 Å². The molecule has 146 valence electrons. The fraction of sp³-hybridized carbons (Fsp3) is 0.500. The van der Waals surface area contributed by atoms with Crippen molar-refractivity contribution in [2.45, 2.75) is 38.1 Å². The van der Waals surface area contributed by atoms with Gasteiger partial charge in [-0.2, -0.15) is 0 Å². The first-order valence-corrected chi connectivity index (χ1v) is 10.5. The number of rotatable bonds is 7. The number of carbonyl (C=O) groups excluding carboxylic acids is 1. The number of aromatic nitrogens is 4. The van der Waals surface area contributed by atoms with Crippen LogP contribution in [-0.2, 0) is 10.0 Å². The normalized spacial score (nSPS) is 15.4. The largest absolute Gasteiger partial charge is 0.337 e. The number of amides is 2. The monoisotopic (exact) mass is 393 g/mol. The Kier molecular flexibility index (Phi) is 6.35. The molecule has 0 radical (unpaired) electrons. The molecule has 0 bridgehead atoms. The van der Waals surface area contributed by atoms with E-state index in [-0.39, 0.29) is 18.3 Å². The van der Waals surface area contributed by atoms with E-state index in [4.69, 9.17) is 0 Å². The molecule has 0 saturated heterocycles. The zero-order valence-electron chi connectivity index (χ0n) is 14.8. The van der Waals surface area contributed by atoms with E-state index in [1.165, 1.54) is 4.68 Å². The van der Waals surface area contributed by atoms with Crippen molar-refractivity contribution in [2.75, 3.05) is 17.6 Å². The fourth-order valence-corrected chi connectivity index (χ4v) is 4.14. The Morgan fingerprint density at radius 2 is 1.93 bits per heavy atom. The second-order valence-electron chi connectivity index (χ2n) is 6.35. The molecule has 0 spiro atoms. The lowest BCUT2D eigenvalue weighted by molar-refractivity contribution is 0.252. The summed E-state index contributed by atoms with van der Waals surface area (Å²) in [5.74, 6) is 0.525. The number of anilines is 1. The maximum atomic E-state index is 12.1. The summed E-state index contributed by atoms with van der Waals surface area (Å²) in [5, 5.41) is 9.21. The van der Waals surface area contributed by atoms with Crippen LogP contribution in [0.1, 0.15) is 32.1 Å². The highest BCUT2D eigenvalue weighted by Crippen LogP contribution is 2.18. The van der Waals surface area contributed by atoms with Crippen molar-refractivity contribution in [1.29, 1.82) is 0 Å². The van der Waals surface area contributed by atoms with E-state index < -0.39 is 16.1 Å². The Balaban J connectivity index is 1.42. The number of carbonyl (C=O) groups is 1. The molecule has 0 aromatic carbocycles. The first kappa shape index (κ1) is 19.2. The Morgan fingerprint density at radius 1 is 1.19 bits per heavy atom. The average Bonchev–Trinajstić information content (AvgIpc) is 3.11. The summed E-state index contributed by atoms with van der Waals surface area (Å²) >= 11 is 0. The second-order valence-corrected chi connectivity index (χ2v) is 8.22. The Morgan fingerprint density at radius 3 is 2.67 bits per heavy atom. The molecule has 3 rings (SSSR count). The van der Waals surface area contributed by atoms with Crippen LogP contribution >= 0.6 is 0 Å². The van der Waals surface area contributed by atoms with Crippen LogP contribution in [0.3, 0.4) is 0 Å². The molecule has 0 atom stereocenters. The first-order valence-electron chi connectivity index (χ1n) is 8.90. The van der Waals surface area contributed by atoms with Gasteiger partial charge in [0.25, 0.3) is 0 Å². The van der Waals surface area contributed by atoms with Crippen molar-refractivity contribution < 1.29 is 13.2 Å². The van der Waals surface area contributed by atoms with Gasteiger partial charge in [0.15, 0.2) is 5.82 Å². The van der Waals surface area contributed by atoms with Crippen LogP contribution < -0.4 is 15.4 Å². The van der Waals surface area contributed by atoms with Gasteiger partial charge in [0, 0.05) is 37.2 Å². The van der Waals surface area contributed by atoms with Gasteiger partial charge in [-0.1, -0.05) is 19.3 Å². The quantitative estimate of drug-likeness (QED) is 0.644. The molecular formula is C16H23N7O3S. The van der Waals surface area contributed by atoms with Crippen molar-refractivity contribution in [3.05, 3.63) is 30.7 Å². The van der Waals surface area contributed by atoms with E-state index in [1.807, 2.05) is 0 Å². The van der Waals surface area contributed by atoms with Crippen LogP contribution in [0.25, 0.3) is 5.95 Å². The number of hydrogen-bond acceptors (Lipinski definition) is 6. The maximum absolute atomic E-state index is 12.1. The highest BCUT2D eigenvalue weighted by Gasteiger charge is 2.20. The number of sulfonamides is 1. The number of urea groups is 1. The summed E-state index contributed by atoms with van der Waals surface area (Å²) in [4.78, 5) is 20.0. The summed E-state index contributed by atoms with van der Waals surface area (Å²) in [5.41, 5.74) is 0. The molecule has 2 aromatic heterocycles. The van der Waals surface area contributed by atoms with Crippen LogP contribution in [0.4, 0.5) is 10.6 Å². The van der Waals surface area contributed by atoms with Crippen LogP contribution in [0, 0.1) is 0 Å². The highest BCUT2D eigenvalue weighted by molar-refractivity contribution is 7.89. The van der Waals surface area contributed by atoms with Gasteiger partial charge < -0.3 is 5.32 Å². The molecule has 0 unspecified atom stereocenters. The first-order chi connectivity index (χ1) is 13.0. The van der Waals surface area contributed by atoms with E-state index in [1.54, 1.807) is 30.7 Å². The minimum absolute atomic E-state index is 0.0103. The minimum atomic E-state index is -3.41. The zero-order chi connectivity index (χ0) is 19.1. The molecule has 11 heteroatoms. The highest BCUT2D eigenvalue weighted by atomic mass is 32.2. The van der Waals surface area contributed by atoms with Crippen molar-refractivity contribution in [3.8, 4) is 5.95 Å². The molecule has 1 fully saturated rings. The summed E-state index contributed by atoms with van der Waals surface area (Å²) in [7, 11) is -3.41. The van der Waals surface area contributed by atoms with Crippen molar-refractivity contribution in [2.24, 2.45) is 0 Å². The van der Waals surface area contributed by atoms with Crippen molar-refractivity contribution in [1.82, 2.24) is 29.8 Å². The van der Waals surface area contributed by atoms with Crippen LogP contribution in [0.2, 0.25) is 0 Å². The molecule has 1 saturated carbocycles. The predicted octanol–water partition coefficient (Wildman–Crippen LogP) is 1.04. The lowest BCUT2D eigenvalue weighted by atomic mass is 9.96. The number of nitrogens with zero attached hydrogens (tertiary/aromatic N) is 4. The Labute approximate surface area is 157 Å². The molecule has 3 N–H and O–H groups in total. The zero-order valence-corrected chi connectivity index (χ0v) is 15.7. The third-order valence-electron chi connectivity index (χ3n) is 4.20. The van der Waals surface area contributed by atoms with Crippen molar-refractivity contribution >= 4 is 21.9 Å². The van der Waals surface area contributed by atoms with Gasteiger partial charge in [0.1, 0.15) is 0 Å². The molecule has 1 aliphatic carbocycles. The van der Waals surface area contributed by atoms with Gasteiger partial charge >= 0.3 is 6.03 Å². The molecule has 2 amide bonds. The van der Waals surface area contributed by atoms with Crippen molar-refractivity contribution in [3.63, 3.8) is 0 Å². The lowest BCUT2D eigenvalue weighted by Crippen LogP contribution is -2.41. The number of nitrogens with one attached hydrogen (secondary N) is 3. The number of hydrogen-bond donors (Lipinski definition) is 3. The molecule has 2 heterocycles. The summed E-state index contributed by atoms with van der Waals surface area (Å²) < 4.78 is 28.3. The van der Waals surface area contributed by atoms with Crippen LogP contribution in [0.5, 0.6) is 0 Å². The summed E-state index contributed by atoms with van der Waals surface area (Å²) in [6.07, 6.45) is 9.80. The van der Waals surface area contributed by atoms with Gasteiger partial charge in [0.05, 0.1) is 5.75 Å². The third kappa shape index (κ3) is 6.00. The second kappa shape index (κ2) is 8.91. The van der Waals surface area contributed by atoms with Gasteiger partial charge in [0.2, 0.25) is 16.0 Å². The molecule has 1 aliphatic rings. The SMILES string of the molecule is O=C(NCCS(=O)(=O)NC1CCCCC1)Nc1ccn(-c2ncccn2)n1. The van der Waals surface area contributed by atoms with E-state index >= 15 is 0 Å². The average molecular weight is 393 g/mol. The van der Waals surface area contributed by atoms with Crippen LogP contribution in [0.15, 0.2) is 30.7 Å². The maximum Gasteiger partial charge on any atom is 0.320 e.